The summed E-state index contributed by atoms with van der Waals surface area (Å²) in [4.78, 5) is 0. The van der Waals surface area contributed by atoms with Gasteiger partial charge < -0.3 is 0 Å². The van der Waals surface area contributed by atoms with E-state index in [1.54, 1.807) is 17.1 Å². The summed E-state index contributed by atoms with van der Waals surface area (Å²) in [5.41, 5.74) is 0.978. The summed E-state index contributed by atoms with van der Waals surface area (Å²) in [6, 6.07) is 5.40. The molecule has 6 heteroatoms. The van der Waals surface area contributed by atoms with Gasteiger partial charge in [-0.3, -0.25) is 0 Å². The van der Waals surface area contributed by atoms with E-state index >= 15 is 0 Å². The second kappa shape index (κ2) is 5.78. The van der Waals surface area contributed by atoms with Gasteiger partial charge in [0.25, 0.3) is 0 Å². The Morgan fingerprint density at radius 3 is 2.79 bits per heavy atom. The Hall–Kier alpha value is -0.0000000000000000555. The summed E-state index contributed by atoms with van der Waals surface area (Å²) in [6.45, 7) is 0.625. The van der Waals surface area contributed by atoms with Gasteiger partial charge in [-0.25, -0.2) is 0 Å². The highest BCUT2D eigenvalue weighted by Crippen LogP contribution is 2.21. The van der Waals surface area contributed by atoms with Crippen LogP contribution in [0.25, 0.3) is 0 Å². The number of hydrogen-bond acceptors (Lipinski definition) is 2. The topological polar surface area (TPSA) is 15.6 Å². The maximum Gasteiger partial charge on any atom is 0.0477 e. The molecule has 0 amide bonds. The lowest BCUT2D eigenvalue weighted by Crippen LogP contribution is -2.09. The molecule has 0 aliphatic carbocycles. The first kappa shape index (κ1) is 12.1. The lowest BCUT2D eigenvalue weighted by atomic mass is 10.2. The molecule has 0 saturated carbocycles. The zero-order chi connectivity index (χ0) is 10.6. The molecule has 0 saturated heterocycles. The minimum atomic E-state index is 0.625. The van der Waals surface area contributed by atoms with Crippen LogP contribution in [0.15, 0.2) is 22.7 Å². The summed E-state index contributed by atoms with van der Waals surface area (Å²) < 4.78 is 3.96. The third-order valence-electron chi connectivity index (χ3n) is 1.59. The Kier molecular flexibility index (Phi) is 4.98. The van der Waals surface area contributed by atoms with Crippen LogP contribution in [-0.4, -0.2) is 12.1 Å². The number of benzene rings is 1. The van der Waals surface area contributed by atoms with Gasteiger partial charge in [-0.15, -0.1) is 4.47 Å². The van der Waals surface area contributed by atoms with E-state index in [9.17, 15) is 0 Å². The predicted molar refractivity (Wildman–Crippen MR) is 65.1 cm³/mol. The molecule has 1 rings (SSSR count). The van der Waals surface area contributed by atoms with Gasteiger partial charge in [0, 0.05) is 44.9 Å². The number of hydrogen-bond donors (Lipinski definition) is 0. The normalized spacial score (nSPS) is 10.3. The van der Waals surface area contributed by atoms with Crippen LogP contribution in [0.4, 0.5) is 0 Å². The molecule has 0 atom stereocenters. The lowest BCUT2D eigenvalue weighted by Gasteiger charge is -2.09. The van der Waals surface area contributed by atoms with Crippen molar-refractivity contribution >= 4 is 44.5 Å². The third-order valence-corrected chi connectivity index (χ3v) is 2.72. The Balaban J connectivity index is 2.81. The van der Waals surface area contributed by atoms with Crippen LogP contribution in [0.5, 0.6) is 0 Å². The quantitative estimate of drug-likeness (QED) is 0.782. The van der Waals surface area contributed by atoms with Crippen LogP contribution in [0.3, 0.4) is 0 Å². The minimum absolute atomic E-state index is 0.625. The fraction of sp³-hybridized carbons (Fsp3) is 0.250. The Morgan fingerprint density at radius 1 is 1.50 bits per heavy atom. The van der Waals surface area contributed by atoms with Gasteiger partial charge in [-0.1, -0.05) is 29.3 Å². The molecule has 0 bridgehead atoms. The van der Waals surface area contributed by atoms with Gasteiger partial charge in [-0.05, 0) is 17.7 Å². The molecule has 14 heavy (non-hydrogen) atoms. The fourth-order valence-corrected chi connectivity index (χ4v) is 1.96. The van der Waals surface area contributed by atoms with Crippen molar-refractivity contribution in [1.82, 2.24) is 5.01 Å². The van der Waals surface area contributed by atoms with E-state index in [4.69, 9.17) is 23.2 Å². The Labute approximate surface area is 101 Å². The van der Waals surface area contributed by atoms with E-state index in [2.05, 4.69) is 15.7 Å². The number of halogens is 2. The molecular formula is C8H8Cl2N2S2. The highest BCUT2D eigenvalue weighted by atomic mass is 35.5. The molecule has 2 nitrogen and oxygen atoms in total. The van der Waals surface area contributed by atoms with E-state index in [0.29, 0.717) is 16.6 Å². The molecule has 0 unspecified atom stereocenters. The van der Waals surface area contributed by atoms with E-state index < -0.39 is 0 Å². The molecule has 0 aliphatic rings. The molecule has 0 radical (unpaired) electrons. The smallest absolute Gasteiger partial charge is 0.0477 e. The molecule has 0 spiro atoms. The molecular weight excluding hydrogens is 259 g/mol. The van der Waals surface area contributed by atoms with Gasteiger partial charge in [0.05, 0.1) is 0 Å². The Bertz CT molecular complexity index is 378. The van der Waals surface area contributed by atoms with Crippen molar-refractivity contribution < 1.29 is 0 Å². The highest BCUT2D eigenvalue weighted by Gasteiger charge is 2.03. The van der Waals surface area contributed by atoms with E-state index in [0.717, 1.165) is 15.7 Å². The molecule has 76 valence electrons. The average Bonchev–Trinajstić information content (AvgIpc) is 2.10. The van der Waals surface area contributed by atoms with Gasteiger partial charge in [0.1, 0.15) is 0 Å². The first-order valence-electron chi connectivity index (χ1n) is 3.78. The van der Waals surface area contributed by atoms with Crippen molar-refractivity contribution in [3.8, 4) is 0 Å². The van der Waals surface area contributed by atoms with E-state index in [-0.39, 0.29) is 0 Å². The number of nitrogens with zero attached hydrogens (tertiary/aromatic N) is 2. The summed E-state index contributed by atoms with van der Waals surface area (Å²) >= 11 is 16.4. The van der Waals surface area contributed by atoms with E-state index in [1.807, 2.05) is 13.1 Å². The summed E-state index contributed by atoms with van der Waals surface area (Å²) in [5, 5.41) is 3.01. The van der Waals surface area contributed by atoms with Gasteiger partial charge in [0.15, 0.2) is 0 Å². The van der Waals surface area contributed by atoms with E-state index in [1.165, 1.54) is 0 Å². The summed E-state index contributed by atoms with van der Waals surface area (Å²) in [7, 11) is 2.84. The zero-order valence-corrected chi connectivity index (χ0v) is 10.6. The van der Waals surface area contributed by atoms with Crippen molar-refractivity contribution in [2.45, 2.75) is 6.54 Å². The lowest BCUT2D eigenvalue weighted by molar-refractivity contribution is 0.355. The van der Waals surface area contributed by atoms with Crippen LogP contribution in [0, 0.1) is 0 Å². The molecule has 0 aliphatic heterocycles. The second-order valence-corrected chi connectivity index (χ2v) is 4.31. The van der Waals surface area contributed by atoms with Crippen molar-refractivity contribution in [2.24, 2.45) is 4.47 Å². The standard InChI is InChI=1S/C8H8Cl2N2S2/c1-12(11-14-13)5-6-2-3-7(9)4-8(6)10/h2-4H,5H2,1H3. The average molecular weight is 267 g/mol. The molecule has 1 aromatic rings. The summed E-state index contributed by atoms with van der Waals surface area (Å²) in [6.07, 6.45) is 0. The largest absolute Gasteiger partial charge is 0.188 e. The SMILES string of the molecule is CN(Cc1ccc(Cl)cc1Cl)N=S=S. The van der Waals surface area contributed by atoms with Crippen LogP contribution < -0.4 is 0 Å². The maximum atomic E-state index is 5.99. The second-order valence-electron chi connectivity index (χ2n) is 2.71. The molecule has 0 aromatic heterocycles. The monoisotopic (exact) mass is 266 g/mol. The third kappa shape index (κ3) is 3.63. The zero-order valence-electron chi connectivity index (χ0n) is 7.41. The van der Waals surface area contributed by atoms with Crippen molar-refractivity contribution in [3.05, 3.63) is 33.8 Å². The summed E-state index contributed by atoms with van der Waals surface area (Å²) in [5.74, 6) is 0. The first-order chi connectivity index (χ1) is 6.63. The van der Waals surface area contributed by atoms with Crippen LogP contribution in [-0.2, 0) is 27.9 Å². The molecule has 0 heterocycles. The van der Waals surface area contributed by atoms with Crippen LogP contribution in [0.2, 0.25) is 10.0 Å². The van der Waals surface area contributed by atoms with Gasteiger partial charge in [0.2, 0.25) is 0 Å². The van der Waals surface area contributed by atoms with Crippen molar-refractivity contribution in [2.75, 3.05) is 7.05 Å². The Morgan fingerprint density at radius 2 is 2.21 bits per heavy atom. The van der Waals surface area contributed by atoms with Crippen LogP contribution >= 0.6 is 23.2 Å². The van der Waals surface area contributed by atoms with Gasteiger partial charge >= 0.3 is 0 Å². The molecule has 0 fully saturated rings. The highest BCUT2D eigenvalue weighted by molar-refractivity contribution is 8.12. The minimum Gasteiger partial charge on any atom is -0.188 e. The first-order valence-corrected chi connectivity index (χ1v) is 6.24. The van der Waals surface area contributed by atoms with Crippen molar-refractivity contribution in [3.63, 3.8) is 0 Å². The predicted octanol–water partition coefficient (Wildman–Crippen LogP) is 3.07. The van der Waals surface area contributed by atoms with Gasteiger partial charge in [-0.2, -0.15) is 5.01 Å². The number of rotatable bonds is 3. The fourth-order valence-electron chi connectivity index (χ4n) is 0.982. The van der Waals surface area contributed by atoms with Crippen molar-refractivity contribution in [1.29, 1.82) is 0 Å². The molecule has 1 aromatic carbocycles. The maximum absolute atomic E-state index is 5.99. The van der Waals surface area contributed by atoms with Crippen LogP contribution in [0.1, 0.15) is 5.56 Å². The molecule has 0 N–H and O–H groups in total.